The second-order valence-corrected chi connectivity index (χ2v) is 5.39. The molecule has 0 heterocycles. The number of benzene rings is 3. The van der Waals surface area contributed by atoms with Crippen molar-refractivity contribution < 1.29 is 14.6 Å². The zero-order chi connectivity index (χ0) is 16.9. The van der Waals surface area contributed by atoms with Gasteiger partial charge >= 0.3 is 5.97 Å². The third-order valence-electron chi connectivity index (χ3n) is 3.67. The van der Waals surface area contributed by atoms with Crippen molar-refractivity contribution >= 4 is 11.7 Å². The average Bonchev–Trinajstić information content (AvgIpc) is 2.60. The first-order valence-corrected chi connectivity index (χ1v) is 7.54. The number of carboxylic acids is 1. The van der Waals surface area contributed by atoms with Crippen LogP contribution >= 0.6 is 0 Å². The molecule has 0 amide bonds. The van der Waals surface area contributed by atoms with Crippen molar-refractivity contribution in [2.24, 2.45) is 0 Å². The van der Waals surface area contributed by atoms with Gasteiger partial charge in [-0.1, -0.05) is 54.6 Å². The number of nitrogens with two attached hydrogens (primary N) is 1. The van der Waals surface area contributed by atoms with Crippen LogP contribution in [0.15, 0.2) is 72.8 Å². The minimum absolute atomic E-state index is 0.130. The second-order valence-electron chi connectivity index (χ2n) is 5.39. The lowest BCUT2D eigenvalue weighted by molar-refractivity contribution is 0.0692. The van der Waals surface area contributed by atoms with E-state index in [1.165, 1.54) is 0 Å². The fourth-order valence-corrected chi connectivity index (χ4v) is 2.52. The molecule has 0 fully saturated rings. The van der Waals surface area contributed by atoms with E-state index in [0.29, 0.717) is 23.6 Å². The Labute approximate surface area is 140 Å². The number of anilines is 1. The van der Waals surface area contributed by atoms with Gasteiger partial charge < -0.3 is 15.6 Å². The van der Waals surface area contributed by atoms with Gasteiger partial charge in [0.25, 0.3) is 0 Å². The molecule has 0 bridgehead atoms. The van der Waals surface area contributed by atoms with Crippen LogP contribution < -0.4 is 10.5 Å². The third-order valence-corrected chi connectivity index (χ3v) is 3.67. The Bertz CT molecular complexity index is 860. The Morgan fingerprint density at radius 3 is 2.42 bits per heavy atom. The highest BCUT2D eigenvalue weighted by Crippen LogP contribution is 2.34. The van der Waals surface area contributed by atoms with Gasteiger partial charge in [-0.05, 0) is 29.3 Å². The van der Waals surface area contributed by atoms with E-state index in [-0.39, 0.29) is 5.56 Å². The lowest BCUT2D eigenvalue weighted by Gasteiger charge is -2.15. The molecular formula is C20H17NO3. The Hall–Kier alpha value is -3.27. The zero-order valence-corrected chi connectivity index (χ0v) is 13.0. The van der Waals surface area contributed by atoms with Crippen molar-refractivity contribution in [1.82, 2.24) is 0 Å². The van der Waals surface area contributed by atoms with E-state index in [9.17, 15) is 9.90 Å². The van der Waals surface area contributed by atoms with Gasteiger partial charge in [-0.15, -0.1) is 0 Å². The van der Waals surface area contributed by atoms with Crippen LogP contribution in [0.2, 0.25) is 0 Å². The SMILES string of the molecule is Nc1cccc(-c2cccc(C(=O)O)c2OCc2ccccc2)c1. The van der Waals surface area contributed by atoms with E-state index < -0.39 is 5.97 Å². The van der Waals surface area contributed by atoms with Gasteiger partial charge in [-0.25, -0.2) is 4.79 Å². The molecule has 120 valence electrons. The van der Waals surface area contributed by atoms with Gasteiger partial charge in [-0.2, -0.15) is 0 Å². The first kappa shape index (κ1) is 15.6. The van der Waals surface area contributed by atoms with E-state index in [1.807, 2.05) is 48.5 Å². The summed E-state index contributed by atoms with van der Waals surface area (Å²) in [5.41, 5.74) is 9.09. The predicted octanol–water partition coefficient (Wildman–Crippen LogP) is 4.21. The maximum atomic E-state index is 11.6. The van der Waals surface area contributed by atoms with E-state index >= 15 is 0 Å². The molecule has 0 aliphatic rings. The average molecular weight is 319 g/mol. The number of aromatic carboxylic acids is 1. The highest BCUT2D eigenvalue weighted by atomic mass is 16.5. The minimum Gasteiger partial charge on any atom is -0.487 e. The summed E-state index contributed by atoms with van der Waals surface area (Å²) in [6.45, 7) is 0.292. The van der Waals surface area contributed by atoms with Gasteiger partial charge in [0.05, 0.1) is 0 Å². The molecule has 4 nitrogen and oxygen atoms in total. The van der Waals surface area contributed by atoms with Crippen LogP contribution in [0, 0.1) is 0 Å². The monoisotopic (exact) mass is 319 g/mol. The number of nitrogen functional groups attached to an aromatic ring is 1. The molecule has 0 spiro atoms. The lowest BCUT2D eigenvalue weighted by Crippen LogP contribution is -2.05. The summed E-state index contributed by atoms with van der Waals surface area (Å²) in [7, 11) is 0. The third kappa shape index (κ3) is 3.38. The molecule has 0 aliphatic carbocycles. The predicted molar refractivity (Wildman–Crippen MR) is 94.0 cm³/mol. The van der Waals surface area contributed by atoms with Crippen LogP contribution in [0.3, 0.4) is 0 Å². The molecule has 0 saturated heterocycles. The number of carbonyl (C=O) groups is 1. The molecule has 24 heavy (non-hydrogen) atoms. The molecule has 0 aliphatic heterocycles. The smallest absolute Gasteiger partial charge is 0.339 e. The van der Waals surface area contributed by atoms with Crippen LogP contribution in [-0.2, 0) is 6.61 Å². The highest BCUT2D eigenvalue weighted by Gasteiger charge is 2.17. The maximum Gasteiger partial charge on any atom is 0.339 e. The molecule has 3 aromatic rings. The molecular weight excluding hydrogens is 302 g/mol. The Morgan fingerprint density at radius 2 is 1.71 bits per heavy atom. The summed E-state index contributed by atoms with van der Waals surface area (Å²) in [5, 5.41) is 9.48. The highest BCUT2D eigenvalue weighted by molar-refractivity contribution is 5.94. The molecule has 3 rings (SSSR count). The molecule has 0 saturated carbocycles. The molecule has 3 N–H and O–H groups in total. The normalized spacial score (nSPS) is 10.3. The number of hydrogen-bond acceptors (Lipinski definition) is 3. The fourth-order valence-electron chi connectivity index (χ4n) is 2.52. The summed E-state index contributed by atoms with van der Waals surface area (Å²) in [5.74, 6) is -0.678. The molecule has 0 radical (unpaired) electrons. The topological polar surface area (TPSA) is 72.6 Å². The Balaban J connectivity index is 2.02. The summed E-state index contributed by atoms with van der Waals surface area (Å²) in [6.07, 6.45) is 0. The van der Waals surface area contributed by atoms with E-state index in [1.54, 1.807) is 24.3 Å². The van der Waals surface area contributed by atoms with E-state index in [2.05, 4.69) is 0 Å². The first-order chi connectivity index (χ1) is 11.6. The van der Waals surface area contributed by atoms with Gasteiger partial charge in [0.2, 0.25) is 0 Å². The van der Waals surface area contributed by atoms with Crippen molar-refractivity contribution in [3.8, 4) is 16.9 Å². The van der Waals surface area contributed by atoms with Crippen LogP contribution in [0.4, 0.5) is 5.69 Å². The summed E-state index contributed by atoms with van der Waals surface area (Å²) in [6, 6.07) is 22.0. The number of rotatable bonds is 5. The summed E-state index contributed by atoms with van der Waals surface area (Å²) >= 11 is 0. The standard InChI is InChI=1S/C20H17NO3/c21-16-9-4-8-15(12-16)17-10-5-11-18(20(22)23)19(17)24-13-14-6-2-1-3-7-14/h1-12H,13,21H2,(H,22,23). The maximum absolute atomic E-state index is 11.6. The van der Waals surface area contributed by atoms with E-state index in [4.69, 9.17) is 10.5 Å². The van der Waals surface area contributed by atoms with Crippen molar-refractivity contribution in [3.63, 3.8) is 0 Å². The van der Waals surface area contributed by atoms with Crippen LogP contribution in [-0.4, -0.2) is 11.1 Å². The van der Waals surface area contributed by atoms with Crippen molar-refractivity contribution in [1.29, 1.82) is 0 Å². The number of hydrogen-bond donors (Lipinski definition) is 2. The first-order valence-electron chi connectivity index (χ1n) is 7.54. The number of carboxylic acid groups (broad SMARTS) is 1. The number of ether oxygens (including phenoxy) is 1. The Kier molecular flexibility index (Phi) is 4.47. The minimum atomic E-state index is -1.02. The lowest BCUT2D eigenvalue weighted by atomic mass is 10.0. The Morgan fingerprint density at radius 1 is 0.958 bits per heavy atom. The van der Waals surface area contributed by atoms with Crippen molar-refractivity contribution in [2.45, 2.75) is 6.61 Å². The molecule has 4 heteroatoms. The van der Waals surface area contributed by atoms with Crippen LogP contribution in [0.1, 0.15) is 15.9 Å². The van der Waals surface area contributed by atoms with E-state index in [0.717, 1.165) is 11.1 Å². The molecule has 3 aromatic carbocycles. The summed E-state index contributed by atoms with van der Waals surface area (Å²) < 4.78 is 5.89. The second kappa shape index (κ2) is 6.87. The zero-order valence-electron chi connectivity index (χ0n) is 13.0. The molecule has 0 aromatic heterocycles. The molecule has 0 unspecified atom stereocenters. The van der Waals surface area contributed by atoms with Gasteiger partial charge in [0.15, 0.2) is 0 Å². The summed E-state index contributed by atoms with van der Waals surface area (Å²) in [4.78, 5) is 11.6. The van der Waals surface area contributed by atoms with Crippen molar-refractivity contribution in [3.05, 3.63) is 83.9 Å². The van der Waals surface area contributed by atoms with Gasteiger partial charge in [0, 0.05) is 11.3 Å². The quantitative estimate of drug-likeness (QED) is 0.691. The molecule has 0 atom stereocenters. The van der Waals surface area contributed by atoms with Crippen molar-refractivity contribution in [2.75, 3.05) is 5.73 Å². The van der Waals surface area contributed by atoms with Gasteiger partial charge in [0.1, 0.15) is 17.9 Å². The fraction of sp³-hybridized carbons (Fsp3) is 0.0500. The largest absolute Gasteiger partial charge is 0.487 e. The number of para-hydroxylation sites is 1. The van der Waals surface area contributed by atoms with Gasteiger partial charge in [-0.3, -0.25) is 0 Å². The van der Waals surface area contributed by atoms with Crippen LogP contribution in [0.5, 0.6) is 5.75 Å². The van der Waals surface area contributed by atoms with Crippen LogP contribution in [0.25, 0.3) is 11.1 Å².